The first kappa shape index (κ1) is 15.6. The third-order valence-corrected chi connectivity index (χ3v) is 3.19. The van der Waals surface area contributed by atoms with Crippen molar-refractivity contribution in [2.75, 3.05) is 0 Å². The number of primary amides is 1. The quantitative estimate of drug-likeness (QED) is 0.895. The van der Waals surface area contributed by atoms with E-state index >= 15 is 0 Å². The van der Waals surface area contributed by atoms with E-state index in [1.165, 1.54) is 18.2 Å². The van der Waals surface area contributed by atoms with E-state index in [-0.39, 0.29) is 21.8 Å². The second kappa shape index (κ2) is 5.54. The molecule has 3 nitrogen and oxygen atoms in total. The van der Waals surface area contributed by atoms with Crippen LogP contribution in [0, 0.1) is 0 Å². The zero-order valence-electron chi connectivity index (χ0n) is 10.2. The molecule has 2 aromatic rings. The molecule has 2 N–H and O–H groups in total. The molecule has 0 saturated heterocycles. The number of nitrogens with two attached hydrogens (primary N) is 1. The first-order chi connectivity index (χ1) is 9.70. The maximum atomic E-state index is 12.7. The average molecular weight is 335 g/mol. The number of carbonyl (C=O) groups excluding carboxylic acids is 1. The summed E-state index contributed by atoms with van der Waals surface area (Å²) < 4.78 is 38.2. The first-order valence-electron chi connectivity index (χ1n) is 5.53. The van der Waals surface area contributed by atoms with Gasteiger partial charge in [-0.3, -0.25) is 4.79 Å². The van der Waals surface area contributed by atoms with E-state index in [0.717, 1.165) is 6.07 Å². The number of pyridine rings is 1. The van der Waals surface area contributed by atoms with Crippen LogP contribution in [0.2, 0.25) is 10.0 Å². The van der Waals surface area contributed by atoms with Crippen molar-refractivity contribution in [2.24, 2.45) is 5.73 Å². The van der Waals surface area contributed by atoms with E-state index in [2.05, 4.69) is 4.98 Å². The van der Waals surface area contributed by atoms with Gasteiger partial charge in [0.15, 0.2) is 0 Å². The van der Waals surface area contributed by atoms with Crippen LogP contribution in [0.25, 0.3) is 11.3 Å². The van der Waals surface area contributed by atoms with Gasteiger partial charge in [0.25, 0.3) is 5.91 Å². The highest BCUT2D eigenvalue weighted by molar-refractivity contribution is 6.36. The lowest BCUT2D eigenvalue weighted by Gasteiger charge is -2.12. The summed E-state index contributed by atoms with van der Waals surface area (Å²) in [7, 11) is 0. The van der Waals surface area contributed by atoms with Crippen LogP contribution in [-0.4, -0.2) is 10.9 Å². The van der Waals surface area contributed by atoms with E-state index in [1.807, 2.05) is 0 Å². The Balaban J connectivity index is 2.72. The van der Waals surface area contributed by atoms with E-state index < -0.39 is 17.8 Å². The Morgan fingerprint density at radius 2 is 1.81 bits per heavy atom. The molecule has 2 rings (SSSR count). The minimum absolute atomic E-state index is 0.0665. The molecule has 0 bridgehead atoms. The number of carbonyl (C=O) groups is 1. The van der Waals surface area contributed by atoms with Crippen molar-refractivity contribution < 1.29 is 18.0 Å². The summed E-state index contributed by atoms with van der Waals surface area (Å²) in [5.74, 6) is -0.905. The van der Waals surface area contributed by atoms with Crippen LogP contribution in [0.1, 0.15) is 16.1 Å². The monoisotopic (exact) mass is 334 g/mol. The van der Waals surface area contributed by atoms with Crippen LogP contribution in [0.3, 0.4) is 0 Å². The van der Waals surface area contributed by atoms with Gasteiger partial charge < -0.3 is 5.73 Å². The van der Waals surface area contributed by atoms with Crippen molar-refractivity contribution in [2.45, 2.75) is 6.18 Å². The van der Waals surface area contributed by atoms with Crippen molar-refractivity contribution in [3.05, 3.63) is 51.6 Å². The number of alkyl halides is 3. The molecule has 0 saturated carbocycles. The van der Waals surface area contributed by atoms with E-state index in [4.69, 9.17) is 28.9 Å². The number of hydrogen-bond donors (Lipinski definition) is 1. The molecule has 8 heteroatoms. The van der Waals surface area contributed by atoms with Crippen LogP contribution in [0.5, 0.6) is 0 Å². The summed E-state index contributed by atoms with van der Waals surface area (Å²) >= 11 is 11.7. The Morgan fingerprint density at radius 1 is 1.14 bits per heavy atom. The molecule has 0 radical (unpaired) electrons. The number of rotatable bonds is 2. The van der Waals surface area contributed by atoms with Crippen molar-refractivity contribution in [1.29, 1.82) is 0 Å². The second-order valence-electron chi connectivity index (χ2n) is 4.08. The molecule has 0 aliphatic rings. The Morgan fingerprint density at radius 3 is 2.33 bits per heavy atom. The summed E-state index contributed by atoms with van der Waals surface area (Å²) in [6, 6.07) is 5.80. The van der Waals surface area contributed by atoms with E-state index in [1.54, 1.807) is 0 Å². The van der Waals surface area contributed by atoms with Gasteiger partial charge >= 0.3 is 6.18 Å². The average Bonchev–Trinajstić information content (AvgIpc) is 2.37. The highest BCUT2D eigenvalue weighted by atomic mass is 35.5. The topological polar surface area (TPSA) is 56.0 Å². The minimum atomic E-state index is -4.65. The molecule has 0 unspecified atom stereocenters. The van der Waals surface area contributed by atoms with Crippen molar-refractivity contribution in [1.82, 2.24) is 4.98 Å². The zero-order chi connectivity index (χ0) is 15.8. The molecule has 1 aromatic heterocycles. The fourth-order valence-corrected chi connectivity index (χ4v) is 2.20. The van der Waals surface area contributed by atoms with Gasteiger partial charge in [0.05, 0.1) is 16.3 Å². The maximum Gasteiger partial charge on any atom is 0.433 e. The SMILES string of the molecule is NC(=O)c1ccc(C(F)(F)F)nc1-c1ccc(Cl)cc1Cl. The molecule has 1 aromatic carbocycles. The van der Waals surface area contributed by atoms with E-state index in [9.17, 15) is 18.0 Å². The zero-order valence-corrected chi connectivity index (χ0v) is 11.7. The first-order valence-corrected chi connectivity index (χ1v) is 6.29. The predicted octanol–water partition coefficient (Wildman–Crippen LogP) is 4.17. The normalized spacial score (nSPS) is 11.5. The summed E-state index contributed by atoms with van der Waals surface area (Å²) in [5.41, 5.74) is 3.76. The molecule has 1 amide bonds. The standard InChI is InChI=1S/C13H7Cl2F3N2O/c14-6-1-2-7(9(15)5-6)11-8(12(19)21)3-4-10(20-11)13(16,17)18/h1-5H,(H2,19,21). The second-order valence-corrected chi connectivity index (χ2v) is 4.92. The van der Waals surface area contributed by atoms with Crippen LogP contribution >= 0.6 is 23.2 Å². The van der Waals surface area contributed by atoms with Crippen LogP contribution < -0.4 is 5.73 Å². The van der Waals surface area contributed by atoms with Gasteiger partial charge in [-0.25, -0.2) is 4.98 Å². The summed E-state index contributed by atoms with van der Waals surface area (Å²) in [5, 5.41) is 0.369. The highest BCUT2D eigenvalue weighted by Gasteiger charge is 2.33. The van der Waals surface area contributed by atoms with Crippen LogP contribution in [0.15, 0.2) is 30.3 Å². The van der Waals surface area contributed by atoms with Gasteiger partial charge in [0.2, 0.25) is 0 Å². The molecular formula is C13H7Cl2F3N2O. The largest absolute Gasteiger partial charge is 0.433 e. The van der Waals surface area contributed by atoms with Gasteiger partial charge in [-0.1, -0.05) is 23.2 Å². The molecule has 0 aliphatic heterocycles. The van der Waals surface area contributed by atoms with Crippen LogP contribution in [0.4, 0.5) is 13.2 Å². The lowest BCUT2D eigenvalue weighted by Crippen LogP contribution is -2.16. The third kappa shape index (κ3) is 3.28. The number of benzene rings is 1. The van der Waals surface area contributed by atoms with Gasteiger partial charge in [-0.05, 0) is 30.3 Å². The predicted molar refractivity (Wildman–Crippen MR) is 73.2 cm³/mol. The fraction of sp³-hybridized carbons (Fsp3) is 0.0769. The molecule has 1 heterocycles. The smallest absolute Gasteiger partial charge is 0.366 e. The Bertz CT molecular complexity index is 717. The summed E-state index contributed by atoms with van der Waals surface area (Å²) in [6.07, 6.45) is -4.65. The van der Waals surface area contributed by atoms with Crippen molar-refractivity contribution in [3.63, 3.8) is 0 Å². The van der Waals surface area contributed by atoms with Gasteiger partial charge in [0.1, 0.15) is 5.69 Å². The van der Waals surface area contributed by atoms with Crippen molar-refractivity contribution >= 4 is 29.1 Å². The van der Waals surface area contributed by atoms with Gasteiger partial charge in [-0.15, -0.1) is 0 Å². The minimum Gasteiger partial charge on any atom is -0.366 e. The third-order valence-electron chi connectivity index (χ3n) is 2.64. The molecule has 0 aliphatic carbocycles. The Labute approximate surface area is 127 Å². The molecule has 0 atom stereocenters. The van der Waals surface area contributed by atoms with Gasteiger partial charge in [0, 0.05) is 10.6 Å². The van der Waals surface area contributed by atoms with Gasteiger partial charge in [-0.2, -0.15) is 13.2 Å². The Hall–Kier alpha value is -1.79. The highest BCUT2D eigenvalue weighted by Crippen LogP contribution is 2.34. The molecule has 21 heavy (non-hydrogen) atoms. The van der Waals surface area contributed by atoms with Crippen molar-refractivity contribution in [3.8, 4) is 11.3 Å². The summed E-state index contributed by atoms with van der Waals surface area (Å²) in [6.45, 7) is 0. The number of aromatic nitrogens is 1. The lowest BCUT2D eigenvalue weighted by atomic mass is 10.0. The molecule has 0 fully saturated rings. The summed E-state index contributed by atoms with van der Waals surface area (Å²) in [4.78, 5) is 14.8. The van der Waals surface area contributed by atoms with Crippen LogP contribution in [-0.2, 0) is 6.18 Å². The fourth-order valence-electron chi connectivity index (χ4n) is 1.70. The number of hydrogen-bond acceptors (Lipinski definition) is 2. The van der Waals surface area contributed by atoms with E-state index in [0.29, 0.717) is 11.1 Å². The number of amides is 1. The molecular weight excluding hydrogens is 328 g/mol. The Kier molecular flexibility index (Phi) is 4.11. The maximum absolute atomic E-state index is 12.7. The molecule has 110 valence electrons. The molecule has 0 spiro atoms. The lowest BCUT2D eigenvalue weighted by molar-refractivity contribution is -0.141. The number of halogens is 5. The number of nitrogens with zero attached hydrogens (tertiary/aromatic N) is 1.